The van der Waals surface area contributed by atoms with Crippen molar-refractivity contribution in [2.75, 3.05) is 32.0 Å². The molecular formula is C13H15ClN2O3S. The van der Waals surface area contributed by atoms with Crippen molar-refractivity contribution in [3.05, 3.63) is 28.1 Å². The lowest BCUT2D eigenvalue weighted by atomic mass is 10.2. The van der Waals surface area contributed by atoms with E-state index in [0.29, 0.717) is 21.0 Å². The minimum atomic E-state index is -0.303. The van der Waals surface area contributed by atoms with Crippen LogP contribution in [-0.4, -0.2) is 47.3 Å². The summed E-state index contributed by atoms with van der Waals surface area (Å²) in [5.41, 5.74) is 6.37. The summed E-state index contributed by atoms with van der Waals surface area (Å²) in [7, 11) is 0. The van der Waals surface area contributed by atoms with E-state index < -0.39 is 0 Å². The van der Waals surface area contributed by atoms with Crippen molar-refractivity contribution in [2.24, 2.45) is 0 Å². The van der Waals surface area contributed by atoms with Gasteiger partial charge < -0.3 is 20.8 Å². The molecule has 0 aliphatic carbocycles. The number of nitrogens with two attached hydrogens (primary N) is 1. The van der Waals surface area contributed by atoms with Crippen LogP contribution in [0.1, 0.15) is 9.67 Å². The molecule has 0 saturated heterocycles. The first kappa shape index (κ1) is 15.1. The quantitative estimate of drug-likeness (QED) is 0.781. The van der Waals surface area contributed by atoms with Crippen LogP contribution in [0.5, 0.6) is 0 Å². The maximum atomic E-state index is 12.4. The van der Waals surface area contributed by atoms with Crippen LogP contribution in [0.3, 0.4) is 0 Å². The number of fused-ring (bicyclic) bond motifs is 1. The highest BCUT2D eigenvalue weighted by molar-refractivity contribution is 7.21. The lowest BCUT2D eigenvalue weighted by Crippen LogP contribution is -2.35. The Balaban J connectivity index is 2.44. The van der Waals surface area contributed by atoms with Crippen LogP contribution in [-0.2, 0) is 0 Å². The first-order valence-corrected chi connectivity index (χ1v) is 7.27. The molecule has 0 unspecified atom stereocenters. The maximum absolute atomic E-state index is 12.4. The Morgan fingerprint density at radius 2 is 1.95 bits per heavy atom. The molecule has 5 nitrogen and oxygen atoms in total. The first-order valence-electron chi connectivity index (χ1n) is 6.07. The van der Waals surface area contributed by atoms with Crippen molar-refractivity contribution in [1.82, 2.24) is 4.90 Å². The standard InChI is InChI=1S/C13H15ClN2O3S/c14-8-2-1-3-9-10(8)11(15)12(20-9)13(19)16(4-6-17)5-7-18/h1-3,17-18H,4-7,15H2. The molecule has 4 N–H and O–H groups in total. The van der Waals surface area contributed by atoms with E-state index in [1.807, 2.05) is 6.07 Å². The van der Waals surface area contributed by atoms with E-state index in [4.69, 9.17) is 27.5 Å². The number of carbonyl (C=O) groups excluding carboxylic acids is 1. The van der Waals surface area contributed by atoms with Crippen LogP contribution in [0.15, 0.2) is 18.2 Å². The fraction of sp³-hybridized carbons (Fsp3) is 0.308. The van der Waals surface area contributed by atoms with Crippen molar-refractivity contribution in [3.8, 4) is 0 Å². The summed E-state index contributed by atoms with van der Waals surface area (Å²) in [5, 5.41) is 19.2. The molecule has 1 heterocycles. The molecule has 0 saturated carbocycles. The number of halogens is 1. The van der Waals surface area contributed by atoms with Crippen LogP contribution in [0.2, 0.25) is 5.02 Å². The zero-order valence-electron chi connectivity index (χ0n) is 10.7. The van der Waals surface area contributed by atoms with E-state index in [9.17, 15) is 4.79 Å². The minimum absolute atomic E-state index is 0.154. The molecule has 0 bridgehead atoms. The van der Waals surface area contributed by atoms with Gasteiger partial charge in [0.15, 0.2) is 0 Å². The van der Waals surface area contributed by atoms with Gasteiger partial charge in [0, 0.05) is 23.2 Å². The van der Waals surface area contributed by atoms with Crippen LogP contribution in [0.4, 0.5) is 5.69 Å². The number of nitrogen functional groups attached to an aromatic ring is 1. The molecule has 2 rings (SSSR count). The lowest BCUT2D eigenvalue weighted by Gasteiger charge is -2.20. The summed E-state index contributed by atoms with van der Waals surface area (Å²) >= 11 is 7.37. The number of aliphatic hydroxyl groups is 2. The molecule has 7 heteroatoms. The molecule has 1 aromatic carbocycles. The summed E-state index contributed by atoms with van der Waals surface area (Å²) in [6, 6.07) is 5.37. The van der Waals surface area contributed by atoms with E-state index >= 15 is 0 Å². The van der Waals surface area contributed by atoms with Crippen molar-refractivity contribution >= 4 is 44.6 Å². The monoisotopic (exact) mass is 314 g/mol. The number of thiophene rings is 1. The van der Waals surface area contributed by atoms with Gasteiger partial charge in [0.1, 0.15) is 4.88 Å². The predicted molar refractivity (Wildman–Crippen MR) is 81.3 cm³/mol. The smallest absolute Gasteiger partial charge is 0.266 e. The highest BCUT2D eigenvalue weighted by Gasteiger charge is 2.22. The van der Waals surface area contributed by atoms with Crippen LogP contribution in [0.25, 0.3) is 10.1 Å². The molecule has 0 spiro atoms. The van der Waals surface area contributed by atoms with Crippen LogP contribution < -0.4 is 5.73 Å². The van der Waals surface area contributed by atoms with Crippen LogP contribution in [0, 0.1) is 0 Å². The summed E-state index contributed by atoms with van der Waals surface area (Å²) in [6.45, 7) is -0.0315. The molecule has 0 aliphatic heterocycles. The Bertz CT molecular complexity index is 623. The summed E-state index contributed by atoms with van der Waals surface area (Å²) < 4.78 is 0.839. The summed E-state index contributed by atoms with van der Waals surface area (Å²) in [4.78, 5) is 14.2. The van der Waals surface area contributed by atoms with Gasteiger partial charge in [-0.15, -0.1) is 11.3 Å². The van der Waals surface area contributed by atoms with Gasteiger partial charge in [0.2, 0.25) is 0 Å². The van der Waals surface area contributed by atoms with Gasteiger partial charge in [-0.25, -0.2) is 0 Å². The van der Waals surface area contributed by atoms with Gasteiger partial charge in [-0.3, -0.25) is 4.79 Å². The zero-order valence-corrected chi connectivity index (χ0v) is 12.2. The van der Waals surface area contributed by atoms with E-state index in [1.165, 1.54) is 16.2 Å². The Kier molecular flexibility index (Phi) is 4.82. The SMILES string of the molecule is Nc1c(C(=O)N(CCO)CCO)sc2cccc(Cl)c12. The third-order valence-electron chi connectivity index (χ3n) is 2.92. The molecular weight excluding hydrogens is 300 g/mol. The summed E-state index contributed by atoms with van der Waals surface area (Å²) in [6.07, 6.45) is 0. The topological polar surface area (TPSA) is 86.8 Å². The highest BCUT2D eigenvalue weighted by Crippen LogP contribution is 2.38. The van der Waals surface area contributed by atoms with E-state index in [0.717, 1.165) is 4.70 Å². The molecule has 1 aromatic heterocycles. The van der Waals surface area contributed by atoms with Crippen molar-refractivity contribution < 1.29 is 15.0 Å². The lowest BCUT2D eigenvalue weighted by molar-refractivity contribution is 0.0690. The van der Waals surface area contributed by atoms with Gasteiger partial charge in [0.25, 0.3) is 5.91 Å². The van der Waals surface area contributed by atoms with Gasteiger partial charge in [-0.05, 0) is 12.1 Å². The number of rotatable bonds is 5. The number of benzene rings is 1. The maximum Gasteiger partial charge on any atom is 0.266 e. The predicted octanol–water partition coefficient (Wildman–Crippen LogP) is 1.56. The number of nitrogens with zero attached hydrogens (tertiary/aromatic N) is 1. The average molecular weight is 315 g/mol. The highest BCUT2D eigenvalue weighted by atomic mass is 35.5. The second-order valence-electron chi connectivity index (χ2n) is 4.20. The largest absolute Gasteiger partial charge is 0.397 e. The molecule has 2 aromatic rings. The zero-order chi connectivity index (χ0) is 14.7. The van der Waals surface area contributed by atoms with Crippen LogP contribution >= 0.6 is 22.9 Å². The third-order valence-corrected chi connectivity index (χ3v) is 4.40. The number of hydrogen-bond donors (Lipinski definition) is 3. The summed E-state index contributed by atoms with van der Waals surface area (Å²) in [5.74, 6) is -0.303. The number of hydrogen-bond acceptors (Lipinski definition) is 5. The second kappa shape index (κ2) is 6.41. The molecule has 1 amide bonds. The van der Waals surface area contributed by atoms with E-state index in [-0.39, 0.29) is 32.2 Å². The first-order chi connectivity index (χ1) is 9.60. The number of carbonyl (C=O) groups is 1. The van der Waals surface area contributed by atoms with Gasteiger partial charge in [-0.1, -0.05) is 17.7 Å². The third kappa shape index (κ3) is 2.73. The molecule has 0 aliphatic rings. The normalized spacial score (nSPS) is 10.9. The van der Waals surface area contributed by atoms with E-state index in [2.05, 4.69) is 0 Å². The Morgan fingerprint density at radius 3 is 2.50 bits per heavy atom. The van der Waals surface area contributed by atoms with Gasteiger partial charge in [0.05, 0.1) is 23.9 Å². The molecule has 0 radical (unpaired) electrons. The van der Waals surface area contributed by atoms with Crippen molar-refractivity contribution in [3.63, 3.8) is 0 Å². The average Bonchev–Trinajstić information content (AvgIpc) is 2.76. The molecule has 0 fully saturated rings. The van der Waals surface area contributed by atoms with Gasteiger partial charge in [-0.2, -0.15) is 0 Å². The molecule has 20 heavy (non-hydrogen) atoms. The number of amides is 1. The fourth-order valence-electron chi connectivity index (χ4n) is 1.99. The Morgan fingerprint density at radius 1 is 1.30 bits per heavy atom. The Hall–Kier alpha value is -1.34. The fourth-order valence-corrected chi connectivity index (χ4v) is 3.44. The molecule has 108 valence electrons. The minimum Gasteiger partial charge on any atom is -0.397 e. The van der Waals surface area contributed by atoms with Crippen molar-refractivity contribution in [2.45, 2.75) is 0 Å². The van der Waals surface area contributed by atoms with Crippen molar-refractivity contribution in [1.29, 1.82) is 0 Å². The number of aliphatic hydroxyl groups excluding tert-OH is 2. The Labute approximate surface area is 125 Å². The van der Waals surface area contributed by atoms with E-state index in [1.54, 1.807) is 12.1 Å². The van der Waals surface area contributed by atoms with Gasteiger partial charge >= 0.3 is 0 Å². The second-order valence-corrected chi connectivity index (χ2v) is 5.66. The number of anilines is 1. The molecule has 0 atom stereocenters.